The lowest BCUT2D eigenvalue weighted by molar-refractivity contribution is -0.140. The van der Waals surface area contributed by atoms with E-state index in [1.807, 2.05) is 30.3 Å². The van der Waals surface area contributed by atoms with Crippen LogP contribution < -0.4 is 0 Å². The van der Waals surface area contributed by atoms with Crippen LogP contribution >= 0.6 is 0 Å². The molecule has 0 spiro atoms. The van der Waals surface area contributed by atoms with E-state index >= 15 is 0 Å². The number of hydrogen-bond donors (Lipinski definition) is 1. The van der Waals surface area contributed by atoms with Crippen molar-refractivity contribution < 1.29 is 19.4 Å². The summed E-state index contributed by atoms with van der Waals surface area (Å²) < 4.78 is 4.89. The maximum absolute atomic E-state index is 11.8. The summed E-state index contributed by atoms with van der Waals surface area (Å²) >= 11 is 0. The number of carbonyl (C=O) groups excluding carboxylic acids is 1. The normalized spacial score (nSPS) is 11.7. The Morgan fingerprint density at radius 2 is 1.83 bits per heavy atom. The molecule has 0 unspecified atom stereocenters. The maximum atomic E-state index is 11.8. The summed E-state index contributed by atoms with van der Waals surface area (Å²) in [6.07, 6.45) is 0.262. The molecule has 4 nitrogen and oxygen atoms in total. The summed E-state index contributed by atoms with van der Waals surface area (Å²) in [6, 6.07) is 9.23. The van der Waals surface area contributed by atoms with Crippen molar-refractivity contribution in [2.75, 3.05) is 6.61 Å². The second-order valence-corrected chi connectivity index (χ2v) is 3.79. The van der Waals surface area contributed by atoms with Gasteiger partial charge in [0.15, 0.2) is 0 Å². The zero-order valence-electron chi connectivity index (χ0n) is 10.5. The molecular weight excluding hydrogens is 232 g/mol. The van der Waals surface area contributed by atoms with Gasteiger partial charge in [0.2, 0.25) is 0 Å². The first-order valence-corrected chi connectivity index (χ1v) is 5.70. The average Bonchev–Trinajstić information content (AvgIpc) is 2.36. The van der Waals surface area contributed by atoms with Gasteiger partial charge in [-0.25, -0.2) is 9.59 Å². The highest BCUT2D eigenvalue weighted by molar-refractivity contribution is 5.99. The van der Waals surface area contributed by atoms with Gasteiger partial charge in [-0.2, -0.15) is 0 Å². The van der Waals surface area contributed by atoms with Gasteiger partial charge >= 0.3 is 11.9 Å². The van der Waals surface area contributed by atoms with Crippen LogP contribution in [0.15, 0.2) is 41.5 Å². The molecule has 1 aromatic rings. The molecule has 0 atom stereocenters. The van der Waals surface area contributed by atoms with Gasteiger partial charge in [-0.3, -0.25) is 0 Å². The summed E-state index contributed by atoms with van der Waals surface area (Å²) in [6.45, 7) is 3.33. The van der Waals surface area contributed by atoms with Crippen LogP contribution in [0.2, 0.25) is 0 Å². The number of ether oxygens (including phenoxy) is 1. The van der Waals surface area contributed by atoms with Gasteiger partial charge in [0.25, 0.3) is 0 Å². The number of rotatable bonds is 5. The third kappa shape index (κ3) is 3.73. The number of benzene rings is 1. The largest absolute Gasteiger partial charge is 0.478 e. The molecular formula is C14H16O4. The molecule has 0 aromatic heterocycles. The predicted octanol–water partition coefficient (Wildman–Crippen LogP) is 2.19. The molecule has 0 saturated heterocycles. The minimum atomic E-state index is -1.10. The summed E-state index contributed by atoms with van der Waals surface area (Å²) in [4.78, 5) is 22.7. The fourth-order valence-corrected chi connectivity index (χ4v) is 1.51. The SMILES string of the molecule is CCOC(=O)C(Cc1ccccc1)=C(C)C(=O)O. The van der Waals surface area contributed by atoms with Crippen molar-refractivity contribution in [1.29, 1.82) is 0 Å². The highest BCUT2D eigenvalue weighted by atomic mass is 16.5. The quantitative estimate of drug-likeness (QED) is 0.641. The second kappa shape index (κ2) is 6.59. The number of carboxylic acids is 1. The van der Waals surface area contributed by atoms with Crippen LogP contribution in [0.25, 0.3) is 0 Å². The molecule has 0 aliphatic rings. The maximum Gasteiger partial charge on any atom is 0.334 e. The van der Waals surface area contributed by atoms with E-state index in [0.29, 0.717) is 0 Å². The number of carboxylic acid groups (broad SMARTS) is 1. The average molecular weight is 248 g/mol. The Kier molecular flexibility index (Phi) is 5.11. The van der Waals surface area contributed by atoms with Gasteiger partial charge in [-0.15, -0.1) is 0 Å². The number of carbonyl (C=O) groups is 2. The standard InChI is InChI=1S/C14H16O4/c1-3-18-14(17)12(10(2)13(15)16)9-11-7-5-4-6-8-11/h4-8H,3,9H2,1-2H3,(H,15,16). The van der Waals surface area contributed by atoms with E-state index in [1.54, 1.807) is 6.92 Å². The van der Waals surface area contributed by atoms with E-state index in [1.165, 1.54) is 6.92 Å². The van der Waals surface area contributed by atoms with Gasteiger partial charge in [0.05, 0.1) is 12.2 Å². The molecule has 18 heavy (non-hydrogen) atoms. The second-order valence-electron chi connectivity index (χ2n) is 3.79. The van der Waals surface area contributed by atoms with E-state index in [4.69, 9.17) is 9.84 Å². The van der Waals surface area contributed by atoms with Gasteiger partial charge in [0, 0.05) is 12.0 Å². The first-order chi connectivity index (χ1) is 8.56. The molecule has 1 aromatic carbocycles. The fourth-order valence-electron chi connectivity index (χ4n) is 1.51. The van der Waals surface area contributed by atoms with Crippen molar-refractivity contribution in [3.63, 3.8) is 0 Å². The number of esters is 1. The zero-order valence-corrected chi connectivity index (χ0v) is 10.5. The van der Waals surface area contributed by atoms with Crippen molar-refractivity contribution in [2.24, 2.45) is 0 Å². The van der Waals surface area contributed by atoms with E-state index < -0.39 is 11.9 Å². The number of aliphatic carboxylic acids is 1. The molecule has 96 valence electrons. The first-order valence-electron chi connectivity index (χ1n) is 5.70. The van der Waals surface area contributed by atoms with Crippen molar-refractivity contribution in [3.05, 3.63) is 47.0 Å². The third-order valence-electron chi connectivity index (χ3n) is 2.52. The molecule has 0 aliphatic heterocycles. The Balaban J connectivity index is 3.03. The third-order valence-corrected chi connectivity index (χ3v) is 2.52. The molecule has 1 rings (SSSR count). The molecule has 0 amide bonds. The van der Waals surface area contributed by atoms with Crippen LogP contribution in [0.4, 0.5) is 0 Å². The van der Waals surface area contributed by atoms with E-state index in [0.717, 1.165) is 5.56 Å². The summed E-state index contributed by atoms with van der Waals surface area (Å²) in [5, 5.41) is 8.98. The van der Waals surface area contributed by atoms with Gasteiger partial charge in [0.1, 0.15) is 0 Å². The molecule has 0 heterocycles. The molecule has 0 fully saturated rings. The van der Waals surface area contributed by atoms with Crippen molar-refractivity contribution in [3.8, 4) is 0 Å². The molecule has 0 aliphatic carbocycles. The van der Waals surface area contributed by atoms with Crippen molar-refractivity contribution in [2.45, 2.75) is 20.3 Å². The minimum absolute atomic E-state index is 0.0253. The van der Waals surface area contributed by atoms with Gasteiger partial charge < -0.3 is 9.84 Å². The zero-order chi connectivity index (χ0) is 13.5. The first kappa shape index (κ1) is 14.0. The molecule has 0 bridgehead atoms. The number of hydrogen-bond acceptors (Lipinski definition) is 3. The Labute approximate surface area is 106 Å². The predicted molar refractivity (Wildman–Crippen MR) is 67.1 cm³/mol. The van der Waals surface area contributed by atoms with Crippen molar-refractivity contribution >= 4 is 11.9 Å². The van der Waals surface area contributed by atoms with E-state index in [2.05, 4.69) is 0 Å². The topological polar surface area (TPSA) is 63.6 Å². The van der Waals surface area contributed by atoms with Crippen LogP contribution in [0, 0.1) is 0 Å². The monoisotopic (exact) mass is 248 g/mol. The Morgan fingerprint density at radius 1 is 1.22 bits per heavy atom. The lowest BCUT2D eigenvalue weighted by Crippen LogP contribution is -2.15. The Morgan fingerprint density at radius 3 is 2.33 bits per heavy atom. The molecule has 0 radical (unpaired) electrons. The summed E-state index contributed by atoms with van der Waals surface area (Å²) in [5.74, 6) is -1.67. The van der Waals surface area contributed by atoms with Crippen LogP contribution in [0.1, 0.15) is 19.4 Å². The fraction of sp³-hybridized carbons (Fsp3) is 0.286. The molecule has 0 saturated carbocycles. The van der Waals surface area contributed by atoms with Gasteiger partial charge in [-0.1, -0.05) is 30.3 Å². The van der Waals surface area contributed by atoms with E-state index in [9.17, 15) is 9.59 Å². The van der Waals surface area contributed by atoms with Crippen LogP contribution in [-0.4, -0.2) is 23.7 Å². The van der Waals surface area contributed by atoms with Crippen LogP contribution in [0.3, 0.4) is 0 Å². The summed E-state index contributed by atoms with van der Waals surface area (Å²) in [7, 11) is 0. The highest BCUT2D eigenvalue weighted by Crippen LogP contribution is 2.14. The lowest BCUT2D eigenvalue weighted by Gasteiger charge is -2.09. The molecule has 1 N–H and O–H groups in total. The van der Waals surface area contributed by atoms with Gasteiger partial charge in [-0.05, 0) is 19.4 Å². The Hall–Kier alpha value is -2.10. The van der Waals surface area contributed by atoms with E-state index in [-0.39, 0.29) is 24.2 Å². The minimum Gasteiger partial charge on any atom is -0.478 e. The Bertz CT molecular complexity index is 460. The smallest absolute Gasteiger partial charge is 0.334 e. The van der Waals surface area contributed by atoms with Crippen LogP contribution in [-0.2, 0) is 20.7 Å². The van der Waals surface area contributed by atoms with Crippen LogP contribution in [0.5, 0.6) is 0 Å². The highest BCUT2D eigenvalue weighted by Gasteiger charge is 2.18. The molecule has 4 heteroatoms. The summed E-state index contributed by atoms with van der Waals surface area (Å²) in [5.41, 5.74) is 1.09. The lowest BCUT2D eigenvalue weighted by atomic mass is 10.0. The van der Waals surface area contributed by atoms with Crippen molar-refractivity contribution in [1.82, 2.24) is 0 Å².